The fourth-order valence-electron chi connectivity index (χ4n) is 7.54. The Hall–Kier alpha value is -3.33. The third-order valence-electron chi connectivity index (χ3n) is 8.76. The number of benzene rings is 3. The zero-order chi connectivity index (χ0) is 25.2. The Labute approximate surface area is 220 Å². The second kappa shape index (κ2) is 10.2. The smallest absolute Gasteiger partial charge is 0.330 e. The van der Waals surface area contributed by atoms with Crippen molar-refractivity contribution in [2.45, 2.75) is 57.5 Å². The molecule has 4 aliphatic rings. The largest absolute Gasteiger partial charge is 0.489 e. The number of esters is 1. The van der Waals surface area contributed by atoms with E-state index in [0.717, 1.165) is 40.2 Å². The molecular formula is C34H36O3. The molecule has 4 saturated carbocycles. The van der Waals surface area contributed by atoms with Crippen molar-refractivity contribution in [2.24, 2.45) is 17.8 Å². The minimum absolute atomic E-state index is 0.321. The average Bonchev–Trinajstić information content (AvgIpc) is 2.91. The highest BCUT2D eigenvalue weighted by Crippen LogP contribution is 2.60. The molecule has 0 amide bonds. The molecule has 0 radical (unpaired) electrons. The zero-order valence-electron chi connectivity index (χ0n) is 21.7. The summed E-state index contributed by atoms with van der Waals surface area (Å²) in [5.74, 6) is 3.43. The lowest BCUT2D eigenvalue weighted by molar-refractivity contribution is -0.137. The van der Waals surface area contributed by atoms with E-state index in [1.807, 2.05) is 24.3 Å². The molecule has 3 heteroatoms. The van der Waals surface area contributed by atoms with E-state index in [2.05, 4.69) is 48.5 Å². The second-order valence-electron chi connectivity index (χ2n) is 11.4. The van der Waals surface area contributed by atoms with Crippen LogP contribution in [0.4, 0.5) is 0 Å². The van der Waals surface area contributed by atoms with E-state index in [1.165, 1.54) is 50.2 Å². The standard InChI is InChI=1S/C34H36O3/c1-2-36-33(35)14-9-24-5-3-7-30(18-24)29-10-12-32(13-11-29)37-23-25-6-4-8-31(19-25)34-20-26-15-27(21-34)17-28(16-26)22-34/h3-14,18-19,26-28H,2,15-17,20-23H2,1H3. The molecule has 3 nitrogen and oxygen atoms in total. The SMILES string of the molecule is CCOC(=O)C=Cc1cccc(-c2ccc(OCc3cccc(C45CC6CC(CC(C6)C4)C5)c3)cc2)c1. The third kappa shape index (κ3) is 5.23. The highest BCUT2D eigenvalue weighted by Gasteiger charge is 2.51. The van der Waals surface area contributed by atoms with E-state index in [9.17, 15) is 4.79 Å². The summed E-state index contributed by atoms with van der Waals surface area (Å²) in [6.07, 6.45) is 11.9. The van der Waals surface area contributed by atoms with Gasteiger partial charge in [-0.15, -0.1) is 0 Å². The van der Waals surface area contributed by atoms with Gasteiger partial charge in [0.05, 0.1) is 6.61 Å². The van der Waals surface area contributed by atoms with Gasteiger partial charge in [-0.25, -0.2) is 4.79 Å². The molecule has 37 heavy (non-hydrogen) atoms. The van der Waals surface area contributed by atoms with Gasteiger partial charge in [0, 0.05) is 6.08 Å². The lowest BCUT2D eigenvalue weighted by atomic mass is 9.48. The monoisotopic (exact) mass is 492 g/mol. The van der Waals surface area contributed by atoms with Gasteiger partial charge < -0.3 is 9.47 Å². The predicted molar refractivity (Wildman–Crippen MR) is 148 cm³/mol. The molecule has 4 aliphatic carbocycles. The normalized spacial score (nSPS) is 25.9. The van der Waals surface area contributed by atoms with Crippen molar-refractivity contribution in [3.63, 3.8) is 0 Å². The van der Waals surface area contributed by atoms with Gasteiger partial charge in [-0.1, -0.05) is 54.6 Å². The fraction of sp³-hybridized carbons (Fsp3) is 0.382. The molecule has 190 valence electrons. The Morgan fingerprint density at radius 1 is 0.865 bits per heavy atom. The van der Waals surface area contributed by atoms with Crippen molar-refractivity contribution in [1.29, 1.82) is 0 Å². The van der Waals surface area contributed by atoms with Crippen molar-refractivity contribution < 1.29 is 14.3 Å². The summed E-state index contributed by atoms with van der Waals surface area (Å²) in [5, 5.41) is 0. The summed E-state index contributed by atoms with van der Waals surface area (Å²) < 4.78 is 11.2. The quantitative estimate of drug-likeness (QED) is 0.236. The van der Waals surface area contributed by atoms with Crippen molar-refractivity contribution in [3.8, 4) is 16.9 Å². The summed E-state index contributed by atoms with van der Waals surface area (Å²) >= 11 is 0. The summed E-state index contributed by atoms with van der Waals surface area (Å²) in [6, 6.07) is 25.6. The second-order valence-corrected chi connectivity index (χ2v) is 11.4. The van der Waals surface area contributed by atoms with Crippen LogP contribution in [0.2, 0.25) is 0 Å². The van der Waals surface area contributed by atoms with E-state index < -0.39 is 0 Å². The minimum atomic E-state index is -0.321. The number of carbonyl (C=O) groups is 1. The van der Waals surface area contributed by atoms with Gasteiger partial charge in [-0.3, -0.25) is 0 Å². The Kier molecular flexibility index (Phi) is 6.63. The van der Waals surface area contributed by atoms with Crippen molar-refractivity contribution in [2.75, 3.05) is 6.61 Å². The van der Waals surface area contributed by atoms with Crippen LogP contribution in [0.3, 0.4) is 0 Å². The molecule has 0 aliphatic heterocycles. The van der Waals surface area contributed by atoms with Crippen LogP contribution in [-0.4, -0.2) is 12.6 Å². The Balaban J connectivity index is 1.10. The summed E-state index contributed by atoms with van der Waals surface area (Å²) in [4.78, 5) is 11.6. The third-order valence-corrected chi connectivity index (χ3v) is 8.76. The minimum Gasteiger partial charge on any atom is -0.489 e. The first-order valence-corrected chi connectivity index (χ1v) is 13.9. The highest BCUT2D eigenvalue weighted by atomic mass is 16.5. The van der Waals surface area contributed by atoms with Crippen LogP contribution in [0.1, 0.15) is 62.1 Å². The molecule has 0 N–H and O–H groups in total. The van der Waals surface area contributed by atoms with Crippen LogP contribution < -0.4 is 4.74 Å². The Morgan fingerprint density at radius 3 is 2.27 bits per heavy atom. The van der Waals surface area contributed by atoms with E-state index in [-0.39, 0.29) is 5.97 Å². The molecule has 3 aromatic rings. The first-order valence-electron chi connectivity index (χ1n) is 13.9. The molecular weight excluding hydrogens is 456 g/mol. The molecule has 3 aromatic carbocycles. The molecule has 0 aromatic heterocycles. The maximum absolute atomic E-state index is 11.6. The lowest BCUT2D eigenvalue weighted by Crippen LogP contribution is -2.48. The van der Waals surface area contributed by atoms with Crippen LogP contribution in [-0.2, 0) is 21.6 Å². The van der Waals surface area contributed by atoms with Gasteiger partial charge >= 0.3 is 5.97 Å². The number of hydrogen-bond acceptors (Lipinski definition) is 3. The molecule has 4 fully saturated rings. The van der Waals surface area contributed by atoms with E-state index in [0.29, 0.717) is 18.6 Å². The molecule has 0 heterocycles. The summed E-state index contributed by atoms with van der Waals surface area (Å²) in [7, 11) is 0. The number of hydrogen-bond donors (Lipinski definition) is 0. The van der Waals surface area contributed by atoms with Gasteiger partial charge in [0.2, 0.25) is 0 Å². The fourth-order valence-corrected chi connectivity index (χ4v) is 7.54. The Morgan fingerprint density at radius 2 is 1.57 bits per heavy atom. The van der Waals surface area contributed by atoms with E-state index in [1.54, 1.807) is 18.6 Å². The molecule has 0 saturated heterocycles. The van der Waals surface area contributed by atoms with E-state index in [4.69, 9.17) is 9.47 Å². The molecule has 0 spiro atoms. The number of rotatable bonds is 8. The zero-order valence-corrected chi connectivity index (χ0v) is 21.7. The van der Waals surface area contributed by atoms with Crippen LogP contribution in [0.25, 0.3) is 17.2 Å². The van der Waals surface area contributed by atoms with Gasteiger partial charge in [-0.05, 0) is 121 Å². The van der Waals surface area contributed by atoms with E-state index >= 15 is 0 Å². The topological polar surface area (TPSA) is 35.5 Å². The lowest BCUT2D eigenvalue weighted by Gasteiger charge is -2.57. The van der Waals surface area contributed by atoms with Crippen LogP contribution >= 0.6 is 0 Å². The predicted octanol–water partition coefficient (Wildman–Crippen LogP) is 7.98. The molecule has 0 atom stereocenters. The van der Waals surface area contributed by atoms with Crippen LogP contribution in [0, 0.1) is 17.8 Å². The average molecular weight is 493 g/mol. The highest BCUT2D eigenvalue weighted by molar-refractivity contribution is 5.87. The van der Waals surface area contributed by atoms with Crippen molar-refractivity contribution in [3.05, 3.63) is 95.6 Å². The van der Waals surface area contributed by atoms with Gasteiger partial charge in [0.1, 0.15) is 12.4 Å². The van der Waals surface area contributed by atoms with Crippen LogP contribution in [0.5, 0.6) is 5.75 Å². The first kappa shape index (κ1) is 24.0. The van der Waals surface area contributed by atoms with Crippen molar-refractivity contribution >= 4 is 12.0 Å². The number of carbonyl (C=O) groups excluding carboxylic acids is 1. The molecule has 0 unspecified atom stereocenters. The maximum atomic E-state index is 11.6. The maximum Gasteiger partial charge on any atom is 0.330 e. The van der Waals surface area contributed by atoms with Gasteiger partial charge in [0.15, 0.2) is 0 Å². The summed E-state index contributed by atoms with van der Waals surface area (Å²) in [6.45, 7) is 2.78. The first-order chi connectivity index (χ1) is 18.1. The van der Waals surface area contributed by atoms with Crippen LogP contribution in [0.15, 0.2) is 78.9 Å². The van der Waals surface area contributed by atoms with Gasteiger partial charge in [0.25, 0.3) is 0 Å². The van der Waals surface area contributed by atoms with Gasteiger partial charge in [-0.2, -0.15) is 0 Å². The Bertz CT molecular complexity index is 1250. The van der Waals surface area contributed by atoms with Crippen molar-refractivity contribution in [1.82, 2.24) is 0 Å². The number of ether oxygens (including phenoxy) is 2. The summed E-state index contributed by atoms with van der Waals surface area (Å²) in [5.41, 5.74) is 6.42. The molecule has 7 rings (SSSR count). The molecule has 4 bridgehead atoms.